The van der Waals surface area contributed by atoms with Gasteiger partial charge in [-0.2, -0.15) is 4.98 Å². The molecule has 3 rings (SSSR count). The molecule has 25 heavy (non-hydrogen) atoms. The Morgan fingerprint density at radius 1 is 1.32 bits per heavy atom. The number of anilines is 1. The highest BCUT2D eigenvalue weighted by Gasteiger charge is 2.33. The molecule has 1 aliphatic rings. The minimum Gasteiger partial charge on any atom is -0.491 e. The number of amides is 1. The third-order valence-corrected chi connectivity index (χ3v) is 4.87. The summed E-state index contributed by atoms with van der Waals surface area (Å²) in [4.78, 5) is 29.2. The molecule has 0 unspecified atom stereocenters. The van der Waals surface area contributed by atoms with Gasteiger partial charge in [0.05, 0.1) is 11.7 Å². The Bertz CT molecular complexity index is 876. The first-order valence-electron chi connectivity index (χ1n) is 8.12. The first-order chi connectivity index (χ1) is 11.9. The molecule has 1 atom stereocenters. The van der Waals surface area contributed by atoms with E-state index in [-0.39, 0.29) is 29.9 Å². The number of hydrogen-bond donors (Lipinski definition) is 1. The number of nitrogens with one attached hydrogen (secondary N) is 1. The molecule has 0 spiro atoms. The second kappa shape index (κ2) is 6.92. The molecule has 1 aliphatic heterocycles. The molecule has 7 heteroatoms. The van der Waals surface area contributed by atoms with Crippen LogP contribution in [-0.4, -0.2) is 27.8 Å². The normalized spacial score (nSPS) is 16.5. The molecule has 6 nitrogen and oxygen atoms in total. The van der Waals surface area contributed by atoms with Crippen LogP contribution in [-0.2, 0) is 11.8 Å². The lowest BCUT2D eigenvalue weighted by Gasteiger charge is -2.28. The van der Waals surface area contributed by atoms with Crippen molar-refractivity contribution in [1.29, 1.82) is 0 Å². The number of aromatic nitrogens is 2. The fraction of sp³-hybridized carbons (Fsp3) is 0.389. The third kappa shape index (κ3) is 3.28. The van der Waals surface area contributed by atoms with Crippen LogP contribution in [0.3, 0.4) is 0 Å². The molecule has 132 valence electrons. The van der Waals surface area contributed by atoms with E-state index in [1.807, 2.05) is 44.4 Å². The maximum absolute atomic E-state index is 12.7. The number of carbonyl (C=O) groups excluding carboxylic acids is 1. The first kappa shape index (κ1) is 17.5. The molecule has 1 aromatic heterocycles. The summed E-state index contributed by atoms with van der Waals surface area (Å²) in [6, 6.07) is 7.56. The average Bonchev–Trinajstić information content (AvgIpc) is 2.57. The van der Waals surface area contributed by atoms with Crippen molar-refractivity contribution in [2.75, 3.05) is 11.6 Å². The first-order valence-corrected chi connectivity index (χ1v) is 9.35. The van der Waals surface area contributed by atoms with E-state index in [2.05, 4.69) is 10.3 Å². The number of rotatable bonds is 4. The monoisotopic (exact) mass is 359 g/mol. The minimum absolute atomic E-state index is 0.00198. The minimum atomic E-state index is -0.374. The van der Waals surface area contributed by atoms with Crippen LogP contribution in [0.4, 0.5) is 5.82 Å². The van der Waals surface area contributed by atoms with Crippen LogP contribution in [0.5, 0.6) is 5.75 Å². The van der Waals surface area contributed by atoms with Gasteiger partial charge >= 0.3 is 0 Å². The van der Waals surface area contributed by atoms with E-state index in [0.29, 0.717) is 22.3 Å². The lowest BCUT2D eigenvalue weighted by atomic mass is 9.86. The van der Waals surface area contributed by atoms with Gasteiger partial charge in [0.1, 0.15) is 11.6 Å². The molecule has 0 fully saturated rings. The molecular formula is C18H21N3O3S. The predicted molar refractivity (Wildman–Crippen MR) is 98.6 cm³/mol. The molecular weight excluding hydrogens is 338 g/mol. The Labute approximate surface area is 150 Å². The maximum atomic E-state index is 12.7. The van der Waals surface area contributed by atoms with E-state index in [1.54, 1.807) is 11.6 Å². The standard InChI is InChI=1S/C18H21N3O3S/c1-10(2)24-13-8-6-5-7-11(13)12-9-14(22)19-16-15(12)17(23)20-18(25-4)21(16)3/h5-8,10,12H,9H2,1-4H3,(H,19,22)/t12-/m0/s1. The topological polar surface area (TPSA) is 73.2 Å². The van der Waals surface area contributed by atoms with Gasteiger partial charge in [0.15, 0.2) is 5.16 Å². The Balaban J connectivity index is 2.20. The molecule has 0 aliphatic carbocycles. The summed E-state index contributed by atoms with van der Waals surface area (Å²) in [5.41, 5.74) is 1.05. The zero-order chi connectivity index (χ0) is 18.1. The second-order valence-corrected chi connectivity index (χ2v) is 7.01. The van der Waals surface area contributed by atoms with Gasteiger partial charge in [0, 0.05) is 24.9 Å². The third-order valence-electron chi connectivity index (χ3n) is 4.14. The number of fused-ring (bicyclic) bond motifs is 1. The van der Waals surface area contributed by atoms with E-state index in [1.165, 1.54) is 11.8 Å². The number of thioether (sulfide) groups is 1. The van der Waals surface area contributed by atoms with Gasteiger partial charge < -0.3 is 14.6 Å². The Kier molecular flexibility index (Phi) is 4.85. The molecule has 0 bridgehead atoms. The van der Waals surface area contributed by atoms with Gasteiger partial charge in [-0.05, 0) is 26.2 Å². The van der Waals surface area contributed by atoms with Crippen LogP contribution < -0.4 is 15.6 Å². The van der Waals surface area contributed by atoms with Crippen molar-refractivity contribution >= 4 is 23.5 Å². The molecule has 0 saturated carbocycles. The fourth-order valence-electron chi connectivity index (χ4n) is 3.11. The van der Waals surface area contributed by atoms with Crippen LogP contribution >= 0.6 is 11.8 Å². The molecule has 0 radical (unpaired) electrons. The summed E-state index contributed by atoms with van der Waals surface area (Å²) >= 11 is 1.37. The number of carbonyl (C=O) groups is 1. The van der Waals surface area contributed by atoms with E-state index in [4.69, 9.17) is 4.74 Å². The Morgan fingerprint density at radius 2 is 2.04 bits per heavy atom. The summed E-state index contributed by atoms with van der Waals surface area (Å²) in [6.45, 7) is 3.90. The zero-order valence-electron chi connectivity index (χ0n) is 14.7. The van der Waals surface area contributed by atoms with Crippen molar-refractivity contribution in [1.82, 2.24) is 9.55 Å². The summed E-state index contributed by atoms with van der Waals surface area (Å²) in [7, 11) is 1.80. The van der Waals surface area contributed by atoms with E-state index < -0.39 is 0 Å². The molecule has 1 amide bonds. The smallest absolute Gasteiger partial charge is 0.279 e. The van der Waals surface area contributed by atoms with Gasteiger partial charge in [-0.1, -0.05) is 30.0 Å². The van der Waals surface area contributed by atoms with Crippen molar-refractivity contribution in [2.24, 2.45) is 7.05 Å². The van der Waals surface area contributed by atoms with Crippen molar-refractivity contribution in [3.05, 3.63) is 45.7 Å². The fourth-order valence-corrected chi connectivity index (χ4v) is 3.65. The SMILES string of the molecule is CSc1nc(=O)c2c(n1C)NC(=O)C[C@H]2c1ccccc1OC(C)C. The van der Waals surface area contributed by atoms with E-state index in [0.717, 1.165) is 5.56 Å². The largest absolute Gasteiger partial charge is 0.491 e. The molecule has 1 N–H and O–H groups in total. The Hall–Kier alpha value is -2.28. The van der Waals surface area contributed by atoms with Crippen molar-refractivity contribution < 1.29 is 9.53 Å². The number of nitrogens with zero attached hydrogens (tertiary/aromatic N) is 2. The van der Waals surface area contributed by atoms with Crippen LogP contribution in [0.1, 0.15) is 37.3 Å². The number of benzene rings is 1. The second-order valence-electron chi connectivity index (χ2n) is 6.23. The highest BCUT2D eigenvalue weighted by Crippen LogP contribution is 2.39. The van der Waals surface area contributed by atoms with Crippen LogP contribution in [0, 0.1) is 0 Å². The number of para-hydroxylation sites is 1. The summed E-state index contributed by atoms with van der Waals surface area (Å²) in [5.74, 6) is 0.718. The Morgan fingerprint density at radius 3 is 2.72 bits per heavy atom. The van der Waals surface area contributed by atoms with Gasteiger partial charge in [-0.3, -0.25) is 9.59 Å². The van der Waals surface area contributed by atoms with Crippen LogP contribution in [0.25, 0.3) is 0 Å². The van der Waals surface area contributed by atoms with Gasteiger partial charge in [-0.25, -0.2) is 0 Å². The van der Waals surface area contributed by atoms with Crippen LogP contribution in [0.15, 0.2) is 34.2 Å². The lowest BCUT2D eigenvalue weighted by molar-refractivity contribution is -0.116. The molecule has 2 aromatic rings. The number of hydrogen-bond acceptors (Lipinski definition) is 5. The lowest BCUT2D eigenvalue weighted by Crippen LogP contribution is -2.33. The average molecular weight is 359 g/mol. The number of ether oxygens (including phenoxy) is 1. The molecule has 2 heterocycles. The zero-order valence-corrected chi connectivity index (χ0v) is 15.5. The van der Waals surface area contributed by atoms with E-state index >= 15 is 0 Å². The van der Waals surface area contributed by atoms with Crippen molar-refractivity contribution in [3.63, 3.8) is 0 Å². The highest BCUT2D eigenvalue weighted by molar-refractivity contribution is 7.98. The summed E-state index contributed by atoms with van der Waals surface area (Å²) in [5, 5.41) is 3.40. The highest BCUT2D eigenvalue weighted by atomic mass is 32.2. The van der Waals surface area contributed by atoms with Crippen LogP contribution in [0.2, 0.25) is 0 Å². The van der Waals surface area contributed by atoms with Gasteiger partial charge in [0.25, 0.3) is 5.56 Å². The van der Waals surface area contributed by atoms with Gasteiger partial charge in [-0.15, -0.1) is 0 Å². The molecule has 1 aromatic carbocycles. The summed E-state index contributed by atoms with van der Waals surface area (Å²) in [6.07, 6.45) is 2.04. The van der Waals surface area contributed by atoms with Crippen molar-refractivity contribution in [2.45, 2.75) is 37.4 Å². The predicted octanol–water partition coefficient (Wildman–Crippen LogP) is 2.76. The summed E-state index contributed by atoms with van der Waals surface area (Å²) < 4.78 is 7.66. The van der Waals surface area contributed by atoms with E-state index in [9.17, 15) is 9.59 Å². The quantitative estimate of drug-likeness (QED) is 0.671. The maximum Gasteiger partial charge on any atom is 0.279 e. The van der Waals surface area contributed by atoms with Gasteiger partial charge in [0.2, 0.25) is 5.91 Å². The van der Waals surface area contributed by atoms with Crippen molar-refractivity contribution in [3.8, 4) is 5.75 Å². The molecule has 0 saturated heterocycles.